The molecule has 0 saturated heterocycles. The second-order valence-electron chi connectivity index (χ2n) is 5.44. The highest BCUT2D eigenvalue weighted by molar-refractivity contribution is 6.32. The van der Waals surface area contributed by atoms with Crippen LogP contribution in [-0.4, -0.2) is 12.0 Å². The fraction of sp³-hybridized carbons (Fsp3) is 0.278. The molecule has 0 bridgehead atoms. The lowest BCUT2D eigenvalue weighted by atomic mass is 10.1. The van der Waals surface area contributed by atoms with Crippen molar-refractivity contribution in [1.82, 2.24) is 5.32 Å². The molecule has 0 spiro atoms. The van der Waals surface area contributed by atoms with Crippen LogP contribution in [0.5, 0.6) is 5.75 Å². The lowest BCUT2D eigenvalue weighted by Crippen LogP contribution is -2.36. The molecule has 0 fully saturated rings. The number of ether oxygens (including phenoxy) is 1. The van der Waals surface area contributed by atoms with E-state index in [1.165, 1.54) is 0 Å². The van der Waals surface area contributed by atoms with E-state index in [-0.39, 0.29) is 5.91 Å². The largest absolute Gasteiger partial charge is 0.481 e. The van der Waals surface area contributed by atoms with Crippen molar-refractivity contribution in [1.29, 1.82) is 0 Å². The Balaban J connectivity index is 1.96. The molecule has 122 valence electrons. The highest BCUT2D eigenvalue weighted by Crippen LogP contribution is 2.26. The van der Waals surface area contributed by atoms with Crippen molar-refractivity contribution in [3.05, 3.63) is 63.1 Å². The van der Waals surface area contributed by atoms with Crippen molar-refractivity contribution < 1.29 is 9.53 Å². The molecule has 2 aromatic carbocycles. The average Bonchev–Trinajstić information content (AvgIpc) is 2.51. The topological polar surface area (TPSA) is 38.3 Å². The van der Waals surface area contributed by atoms with Crippen molar-refractivity contribution >= 4 is 29.1 Å². The van der Waals surface area contributed by atoms with Gasteiger partial charge in [-0.05, 0) is 55.7 Å². The molecule has 1 amide bonds. The van der Waals surface area contributed by atoms with Crippen LogP contribution in [0, 0.1) is 13.8 Å². The third-order valence-corrected chi connectivity index (χ3v) is 4.47. The molecule has 0 radical (unpaired) electrons. The second-order valence-corrected chi connectivity index (χ2v) is 6.23. The van der Waals surface area contributed by atoms with Gasteiger partial charge >= 0.3 is 0 Å². The molecule has 1 unspecified atom stereocenters. The number of carbonyl (C=O) groups excluding carboxylic acids is 1. The predicted molar refractivity (Wildman–Crippen MR) is 94.3 cm³/mol. The number of aryl methyl sites for hydroxylation is 2. The van der Waals surface area contributed by atoms with Gasteiger partial charge in [-0.15, -0.1) is 0 Å². The molecule has 2 aromatic rings. The highest BCUT2D eigenvalue weighted by atomic mass is 35.5. The molecule has 0 saturated carbocycles. The van der Waals surface area contributed by atoms with E-state index >= 15 is 0 Å². The van der Waals surface area contributed by atoms with Crippen molar-refractivity contribution in [2.75, 3.05) is 0 Å². The summed E-state index contributed by atoms with van der Waals surface area (Å²) in [6, 6.07) is 11.1. The molecular formula is C18H19Cl2NO2. The first-order valence-corrected chi connectivity index (χ1v) is 8.08. The molecule has 0 aliphatic heterocycles. The van der Waals surface area contributed by atoms with Crippen molar-refractivity contribution in [3.63, 3.8) is 0 Å². The van der Waals surface area contributed by atoms with E-state index < -0.39 is 6.10 Å². The maximum Gasteiger partial charge on any atom is 0.261 e. The summed E-state index contributed by atoms with van der Waals surface area (Å²) in [5.41, 5.74) is 2.71. The molecular weight excluding hydrogens is 333 g/mol. The number of nitrogens with one attached hydrogen (secondary N) is 1. The molecule has 0 aliphatic rings. The van der Waals surface area contributed by atoms with E-state index in [9.17, 15) is 4.79 Å². The highest BCUT2D eigenvalue weighted by Gasteiger charge is 2.15. The molecule has 2 rings (SSSR count). The molecule has 1 N–H and O–H groups in total. The third-order valence-electron chi connectivity index (χ3n) is 3.50. The minimum atomic E-state index is -0.613. The van der Waals surface area contributed by atoms with E-state index in [2.05, 4.69) is 5.32 Å². The Morgan fingerprint density at radius 1 is 1.17 bits per heavy atom. The predicted octanol–water partition coefficient (Wildman–Crippen LogP) is 4.69. The summed E-state index contributed by atoms with van der Waals surface area (Å²) in [6.07, 6.45) is -0.613. The zero-order valence-electron chi connectivity index (χ0n) is 13.3. The van der Waals surface area contributed by atoms with E-state index in [0.29, 0.717) is 22.3 Å². The van der Waals surface area contributed by atoms with Gasteiger partial charge in [0.1, 0.15) is 5.75 Å². The first kappa shape index (κ1) is 17.6. The van der Waals surface area contributed by atoms with Crippen LogP contribution in [0.1, 0.15) is 23.6 Å². The number of benzene rings is 2. The summed E-state index contributed by atoms with van der Waals surface area (Å²) < 4.78 is 5.71. The Kier molecular flexibility index (Phi) is 5.91. The summed E-state index contributed by atoms with van der Waals surface area (Å²) in [5, 5.41) is 4.17. The van der Waals surface area contributed by atoms with Gasteiger partial charge in [-0.3, -0.25) is 4.79 Å². The van der Waals surface area contributed by atoms with Gasteiger partial charge in [0.25, 0.3) is 5.91 Å². The SMILES string of the molecule is Cc1cc(OC(C)C(=O)NCc2ccccc2Cl)cc(C)c1Cl. The summed E-state index contributed by atoms with van der Waals surface area (Å²) in [5.74, 6) is 0.431. The van der Waals surface area contributed by atoms with Gasteiger partial charge in [-0.1, -0.05) is 41.4 Å². The Morgan fingerprint density at radius 3 is 2.39 bits per heavy atom. The van der Waals surface area contributed by atoms with Crippen LogP contribution in [0.25, 0.3) is 0 Å². The number of rotatable bonds is 5. The lowest BCUT2D eigenvalue weighted by Gasteiger charge is -2.16. The van der Waals surface area contributed by atoms with Gasteiger partial charge in [0.2, 0.25) is 0 Å². The molecule has 3 nitrogen and oxygen atoms in total. The zero-order valence-corrected chi connectivity index (χ0v) is 14.8. The summed E-state index contributed by atoms with van der Waals surface area (Å²) >= 11 is 12.2. The normalized spacial score (nSPS) is 11.9. The minimum Gasteiger partial charge on any atom is -0.481 e. The summed E-state index contributed by atoms with van der Waals surface area (Å²) in [6.45, 7) is 5.89. The van der Waals surface area contributed by atoms with E-state index in [4.69, 9.17) is 27.9 Å². The van der Waals surface area contributed by atoms with Gasteiger partial charge in [-0.25, -0.2) is 0 Å². The van der Waals surface area contributed by atoms with Gasteiger partial charge in [0.15, 0.2) is 6.10 Å². The van der Waals surface area contributed by atoms with Crippen LogP contribution >= 0.6 is 23.2 Å². The Morgan fingerprint density at radius 2 is 1.78 bits per heavy atom. The minimum absolute atomic E-state index is 0.199. The smallest absolute Gasteiger partial charge is 0.261 e. The van der Waals surface area contributed by atoms with Crippen molar-refractivity contribution in [2.45, 2.75) is 33.4 Å². The monoisotopic (exact) mass is 351 g/mol. The molecule has 0 aliphatic carbocycles. The van der Waals surface area contributed by atoms with Gasteiger partial charge < -0.3 is 10.1 Å². The van der Waals surface area contributed by atoms with Gasteiger partial charge in [0, 0.05) is 16.6 Å². The second kappa shape index (κ2) is 7.71. The van der Waals surface area contributed by atoms with E-state index in [1.54, 1.807) is 13.0 Å². The van der Waals surface area contributed by atoms with Crippen LogP contribution in [0.2, 0.25) is 10.0 Å². The third kappa shape index (κ3) is 4.63. The first-order chi connectivity index (χ1) is 10.9. The summed E-state index contributed by atoms with van der Waals surface area (Å²) in [4.78, 5) is 12.2. The number of hydrogen-bond acceptors (Lipinski definition) is 2. The van der Waals surface area contributed by atoms with Crippen LogP contribution in [0.3, 0.4) is 0 Å². The Hall–Kier alpha value is -1.71. The maximum absolute atomic E-state index is 12.2. The Labute approximate surface area is 146 Å². The van der Waals surface area contributed by atoms with Crippen LogP contribution in [-0.2, 0) is 11.3 Å². The lowest BCUT2D eigenvalue weighted by molar-refractivity contribution is -0.127. The number of hydrogen-bond donors (Lipinski definition) is 1. The number of carbonyl (C=O) groups is 1. The van der Waals surface area contributed by atoms with Gasteiger partial charge in [0.05, 0.1) is 0 Å². The molecule has 0 aromatic heterocycles. The standard InChI is InChI=1S/C18H19Cl2NO2/c1-11-8-15(9-12(2)17(11)20)23-13(3)18(22)21-10-14-6-4-5-7-16(14)19/h4-9,13H,10H2,1-3H3,(H,21,22). The average molecular weight is 352 g/mol. The van der Waals surface area contributed by atoms with Crippen molar-refractivity contribution in [2.24, 2.45) is 0 Å². The molecule has 0 heterocycles. The van der Waals surface area contributed by atoms with Gasteiger partial charge in [-0.2, -0.15) is 0 Å². The maximum atomic E-state index is 12.2. The molecule has 1 atom stereocenters. The first-order valence-electron chi connectivity index (χ1n) is 7.33. The Bertz CT molecular complexity index is 693. The number of halogens is 2. The summed E-state index contributed by atoms with van der Waals surface area (Å²) in [7, 11) is 0. The van der Waals surface area contributed by atoms with E-state index in [1.807, 2.05) is 44.2 Å². The fourth-order valence-electron chi connectivity index (χ4n) is 2.20. The van der Waals surface area contributed by atoms with E-state index in [0.717, 1.165) is 16.7 Å². The number of amides is 1. The quantitative estimate of drug-likeness (QED) is 0.848. The molecule has 23 heavy (non-hydrogen) atoms. The van der Waals surface area contributed by atoms with Crippen LogP contribution in [0.4, 0.5) is 0 Å². The molecule has 5 heteroatoms. The van der Waals surface area contributed by atoms with Crippen LogP contribution < -0.4 is 10.1 Å². The van der Waals surface area contributed by atoms with Crippen LogP contribution in [0.15, 0.2) is 36.4 Å². The zero-order chi connectivity index (χ0) is 17.0. The van der Waals surface area contributed by atoms with Crippen molar-refractivity contribution in [3.8, 4) is 5.75 Å². The fourth-order valence-corrected chi connectivity index (χ4v) is 2.51.